The molecule has 0 aliphatic rings. The summed E-state index contributed by atoms with van der Waals surface area (Å²) in [6, 6.07) is 9.34. The summed E-state index contributed by atoms with van der Waals surface area (Å²) in [6.45, 7) is 1.90. The van der Waals surface area contributed by atoms with Crippen molar-refractivity contribution in [2.45, 2.75) is 20.9 Å². The first kappa shape index (κ1) is 13.6. The van der Waals surface area contributed by atoms with Crippen LogP contribution in [0, 0.1) is 0 Å². The van der Waals surface area contributed by atoms with E-state index >= 15 is 0 Å². The van der Waals surface area contributed by atoms with Crippen LogP contribution in [0.1, 0.15) is 17.3 Å². The molecule has 1 heterocycles. The molecule has 1 aromatic carbocycles. The second kappa shape index (κ2) is 6.36. The summed E-state index contributed by atoms with van der Waals surface area (Å²) in [5.41, 5.74) is 0.743. The van der Waals surface area contributed by atoms with Crippen molar-refractivity contribution in [3.63, 3.8) is 0 Å². The summed E-state index contributed by atoms with van der Waals surface area (Å²) in [5.74, 6) is 0.126. The highest BCUT2D eigenvalue weighted by atomic mass is 32.2. The first-order valence-electron chi connectivity index (χ1n) is 5.34. The zero-order valence-corrected chi connectivity index (χ0v) is 12.4. The van der Waals surface area contributed by atoms with Crippen LogP contribution in [0.4, 0.5) is 0 Å². The van der Waals surface area contributed by atoms with Crippen molar-refractivity contribution >= 4 is 40.6 Å². The topological polar surface area (TPSA) is 42.9 Å². The number of hydrogen-bond acceptors (Lipinski definition) is 6. The predicted molar refractivity (Wildman–Crippen MR) is 77.8 cm³/mol. The maximum absolute atomic E-state index is 12.2. The van der Waals surface area contributed by atoms with Crippen LogP contribution in [0.25, 0.3) is 0 Å². The molecule has 0 amide bonds. The number of benzene rings is 1. The van der Waals surface area contributed by atoms with Crippen LogP contribution < -0.4 is 0 Å². The van der Waals surface area contributed by atoms with Crippen LogP contribution in [-0.2, 0) is 0 Å². The summed E-state index contributed by atoms with van der Waals surface area (Å²) < 4.78 is 1.77. The summed E-state index contributed by atoms with van der Waals surface area (Å²) in [7, 11) is 0. The summed E-state index contributed by atoms with van der Waals surface area (Å²) in [4.78, 5) is 12.2. The highest BCUT2D eigenvalue weighted by molar-refractivity contribution is 8.03. The molecule has 0 N–H and O–H groups in total. The Balaban J connectivity index is 2.03. The minimum absolute atomic E-state index is 0.126. The number of nitrogens with zero attached hydrogens (tertiary/aromatic N) is 2. The molecule has 0 radical (unpaired) electrons. The Morgan fingerprint density at radius 2 is 1.89 bits per heavy atom. The molecule has 0 unspecified atom stereocenters. The minimum Gasteiger partial charge on any atom is -0.293 e. The van der Waals surface area contributed by atoms with Gasteiger partial charge in [-0.15, -0.1) is 10.2 Å². The van der Waals surface area contributed by atoms with Crippen LogP contribution in [0.15, 0.2) is 39.0 Å². The van der Waals surface area contributed by atoms with Gasteiger partial charge in [0.2, 0.25) is 0 Å². The van der Waals surface area contributed by atoms with E-state index < -0.39 is 0 Å². The quantitative estimate of drug-likeness (QED) is 0.622. The van der Waals surface area contributed by atoms with Gasteiger partial charge in [0.25, 0.3) is 0 Å². The first-order valence-corrected chi connectivity index (χ1v) is 8.26. The molecule has 2 aromatic rings. The molecule has 1 atom stereocenters. The molecule has 6 heteroatoms. The predicted octanol–water partition coefficient (Wildman–Crippen LogP) is 3.62. The summed E-state index contributed by atoms with van der Waals surface area (Å²) in [5, 5.41) is 7.94. The zero-order chi connectivity index (χ0) is 13.0. The number of Topliss-reactive ketones (excluding diaryl/α,β-unsaturated/α-hetero) is 1. The van der Waals surface area contributed by atoms with E-state index in [1.807, 2.05) is 43.5 Å². The van der Waals surface area contributed by atoms with Gasteiger partial charge in [0.15, 0.2) is 14.5 Å². The van der Waals surface area contributed by atoms with Gasteiger partial charge in [-0.1, -0.05) is 65.2 Å². The molecule has 2 rings (SSSR count). The van der Waals surface area contributed by atoms with Crippen molar-refractivity contribution < 1.29 is 4.79 Å². The number of thioether (sulfide) groups is 2. The van der Waals surface area contributed by atoms with Gasteiger partial charge in [-0.3, -0.25) is 4.79 Å². The zero-order valence-electron chi connectivity index (χ0n) is 9.99. The number of hydrogen-bond donors (Lipinski definition) is 0. The van der Waals surface area contributed by atoms with E-state index in [1.54, 1.807) is 11.8 Å². The van der Waals surface area contributed by atoms with Crippen molar-refractivity contribution in [2.75, 3.05) is 6.26 Å². The van der Waals surface area contributed by atoms with Crippen molar-refractivity contribution in [1.82, 2.24) is 10.2 Å². The summed E-state index contributed by atoms with van der Waals surface area (Å²) >= 11 is 4.56. The van der Waals surface area contributed by atoms with E-state index in [2.05, 4.69) is 10.2 Å². The lowest BCUT2D eigenvalue weighted by Crippen LogP contribution is -2.13. The number of aromatic nitrogens is 2. The van der Waals surface area contributed by atoms with Gasteiger partial charge >= 0.3 is 0 Å². The third-order valence-corrected chi connectivity index (χ3v) is 5.35. The average Bonchev–Trinajstić information content (AvgIpc) is 2.86. The molecule has 94 valence electrons. The molecule has 0 aliphatic heterocycles. The third-order valence-electron chi connectivity index (χ3n) is 2.27. The maximum Gasteiger partial charge on any atom is 0.175 e. The lowest BCUT2D eigenvalue weighted by atomic mass is 10.1. The lowest BCUT2D eigenvalue weighted by Gasteiger charge is -2.07. The molecule has 0 bridgehead atoms. The Kier molecular flexibility index (Phi) is 4.79. The van der Waals surface area contributed by atoms with Gasteiger partial charge in [0.1, 0.15) is 0 Å². The molecule has 1 aromatic heterocycles. The Morgan fingerprint density at radius 1 is 1.22 bits per heavy atom. The fraction of sp³-hybridized carbons (Fsp3) is 0.250. The molecular formula is C12H12N2OS3. The smallest absolute Gasteiger partial charge is 0.175 e. The molecule has 18 heavy (non-hydrogen) atoms. The number of ketones is 1. The molecular weight excluding hydrogens is 284 g/mol. The highest BCUT2D eigenvalue weighted by Gasteiger charge is 2.18. The standard InChI is InChI=1S/C12H12N2OS3/c1-8(10(15)9-6-4-3-5-7-9)17-12-14-13-11(16-2)18-12/h3-8H,1-2H3/t8-/m1/s1. The van der Waals surface area contributed by atoms with Gasteiger partial charge < -0.3 is 0 Å². The Hall–Kier alpha value is -0.850. The molecule has 0 saturated heterocycles. The maximum atomic E-state index is 12.2. The average molecular weight is 296 g/mol. The molecule has 0 aliphatic carbocycles. The Bertz CT molecular complexity index is 527. The van der Waals surface area contributed by atoms with Crippen molar-refractivity contribution in [3.8, 4) is 0 Å². The Morgan fingerprint density at radius 3 is 2.50 bits per heavy atom. The fourth-order valence-corrected chi connectivity index (χ4v) is 4.03. The lowest BCUT2D eigenvalue weighted by molar-refractivity contribution is 0.0994. The summed E-state index contributed by atoms with van der Waals surface area (Å²) in [6.07, 6.45) is 1.97. The normalized spacial score (nSPS) is 12.3. The minimum atomic E-state index is -0.143. The molecule has 0 saturated carbocycles. The van der Waals surface area contributed by atoms with E-state index in [9.17, 15) is 4.79 Å². The van der Waals surface area contributed by atoms with Crippen LogP contribution in [-0.4, -0.2) is 27.5 Å². The van der Waals surface area contributed by atoms with Crippen molar-refractivity contribution in [1.29, 1.82) is 0 Å². The second-order valence-electron chi connectivity index (χ2n) is 3.53. The number of carbonyl (C=O) groups excluding carboxylic acids is 1. The van der Waals surface area contributed by atoms with E-state index in [0.29, 0.717) is 0 Å². The monoisotopic (exact) mass is 296 g/mol. The number of rotatable bonds is 5. The fourth-order valence-electron chi connectivity index (χ4n) is 1.37. The molecule has 3 nitrogen and oxygen atoms in total. The SMILES string of the molecule is CSc1nnc(S[C@H](C)C(=O)c2ccccc2)s1. The van der Waals surface area contributed by atoms with Gasteiger partial charge in [-0.2, -0.15) is 0 Å². The van der Waals surface area contributed by atoms with Gasteiger partial charge in [-0.25, -0.2) is 0 Å². The van der Waals surface area contributed by atoms with Crippen molar-refractivity contribution in [2.24, 2.45) is 0 Å². The van der Waals surface area contributed by atoms with Gasteiger partial charge in [-0.05, 0) is 13.2 Å². The van der Waals surface area contributed by atoms with Gasteiger partial charge in [0.05, 0.1) is 5.25 Å². The number of carbonyl (C=O) groups is 1. The largest absolute Gasteiger partial charge is 0.293 e. The van der Waals surface area contributed by atoms with Crippen LogP contribution in [0.2, 0.25) is 0 Å². The third kappa shape index (κ3) is 3.34. The van der Waals surface area contributed by atoms with E-state index in [1.165, 1.54) is 23.1 Å². The van der Waals surface area contributed by atoms with Gasteiger partial charge in [0, 0.05) is 5.56 Å². The van der Waals surface area contributed by atoms with Crippen molar-refractivity contribution in [3.05, 3.63) is 35.9 Å². The van der Waals surface area contributed by atoms with E-state index in [0.717, 1.165) is 14.2 Å². The first-order chi connectivity index (χ1) is 8.70. The second-order valence-corrected chi connectivity index (χ2v) is 7.15. The molecule has 0 fully saturated rings. The Labute approximate surface area is 118 Å². The van der Waals surface area contributed by atoms with Crippen LogP contribution in [0.3, 0.4) is 0 Å². The molecule has 0 spiro atoms. The highest BCUT2D eigenvalue weighted by Crippen LogP contribution is 2.31. The van der Waals surface area contributed by atoms with E-state index in [-0.39, 0.29) is 11.0 Å². The van der Waals surface area contributed by atoms with E-state index in [4.69, 9.17) is 0 Å². The van der Waals surface area contributed by atoms with Crippen LogP contribution >= 0.6 is 34.9 Å². The van der Waals surface area contributed by atoms with Crippen LogP contribution in [0.5, 0.6) is 0 Å².